The lowest BCUT2D eigenvalue weighted by Gasteiger charge is -2.27. The fraction of sp³-hybridized carbons (Fsp3) is 0.333. The molecule has 0 saturated heterocycles. The van der Waals surface area contributed by atoms with Crippen molar-refractivity contribution < 1.29 is 13.6 Å². The van der Waals surface area contributed by atoms with Crippen molar-refractivity contribution in [2.75, 3.05) is 4.90 Å². The van der Waals surface area contributed by atoms with Crippen LogP contribution < -0.4 is 10.0 Å². The predicted octanol–water partition coefficient (Wildman–Crippen LogP) is 9.39. The molecular weight excluding hydrogens is 560 g/mol. The predicted molar refractivity (Wildman–Crippen MR) is 176 cm³/mol. The summed E-state index contributed by atoms with van der Waals surface area (Å²) in [6.45, 7) is 8.44. The summed E-state index contributed by atoms with van der Waals surface area (Å²) in [6.07, 6.45) is 12.4. The van der Waals surface area contributed by atoms with Crippen LogP contribution in [0.15, 0.2) is 101 Å². The maximum Gasteiger partial charge on any atom is 0.227 e. The number of nitrogens with zero attached hydrogens (tertiary/aromatic N) is 2. The number of hydrogen-bond donors (Lipinski definition) is 1. The first-order valence-electron chi connectivity index (χ1n) is 15.0. The first-order valence-corrected chi connectivity index (χ1v) is 15.9. The molecule has 0 saturated carbocycles. The van der Waals surface area contributed by atoms with Crippen molar-refractivity contribution >= 4 is 23.5 Å². The summed E-state index contributed by atoms with van der Waals surface area (Å²) in [6, 6.07) is 18.5. The highest BCUT2D eigenvalue weighted by Crippen LogP contribution is 2.29. The van der Waals surface area contributed by atoms with Gasteiger partial charge in [-0.3, -0.25) is 14.9 Å². The van der Waals surface area contributed by atoms with Crippen LogP contribution in [-0.2, 0) is 24.2 Å². The molecule has 1 amide bonds. The molecule has 2 aliphatic carbocycles. The zero-order valence-corrected chi connectivity index (χ0v) is 26.5. The fourth-order valence-electron chi connectivity index (χ4n) is 5.08. The average molecular weight is 604 g/mol. The molecule has 0 spiro atoms. The number of aromatic nitrogens is 1. The van der Waals surface area contributed by atoms with E-state index in [0.29, 0.717) is 19.4 Å². The van der Waals surface area contributed by atoms with Crippen LogP contribution in [0.4, 0.5) is 14.5 Å². The van der Waals surface area contributed by atoms with E-state index in [9.17, 15) is 13.6 Å². The quantitative estimate of drug-likeness (QED) is 0.273. The lowest BCUT2D eigenvalue weighted by Crippen LogP contribution is -2.32. The third-order valence-corrected chi connectivity index (χ3v) is 7.82. The van der Waals surface area contributed by atoms with Crippen LogP contribution >= 0.6 is 11.9 Å². The van der Waals surface area contributed by atoms with E-state index >= 15 is 0 Å². The Bertz CT molecular complexity index is 1450. The number of rotatable bonds is 7. The summed E-state index contributed by atoms with van der Waals surface area (Å²) in [5.74, 6) is -0.409. The molecule has 1 atom stereocenters. The van der Waals surface area contributed by atoms with Crippen molar-refractivity contribution in [2.45, 2.75) is 77.7 Å². The summed E-state index contributed by atoms with van der Waals surface area (Å²) in [5.41, 5.74) is 6.51. The molecular formula is C36H43F2N3OS. The van der Waals surface area contributed by atoms with Gasteiger partial charge >= 0.3 is 0 Å². The van der Waals surface area contributed by atoms with E-state index in [-0.39, 0.29) is 23.5 Å². The number of benzene rings is 2. The number of amides is 1. The molecule has 2 N–H and O–H groups in total. The Morgan fingerprint density at radius 2 is 1.72 bits per heavy atom. The van der Waals surface area contributed by atoms with Gasteiger partial charge < -0.3 is 4.90 Å². The highest BCUT2D eigenvalue weighted by atomic mass is 32.2. The maximum absolute atomic E-state index is 13.6. The number of aryl methyl sites for hydroxylation is 3. The van der Waals surface area contributed by atoms with Gasteiger partial charge in [0.25, 0.3) is 0 Å². The number of anilines is 1. The van der Waals surface area contributed by atoms with E-state index < -0.39 is 0 Å². The minimum Gasteiger partial charge on any atom is -0.306 e. The molecule has 228 valence electrons. The molecule has 43 heavy (non-hydrogen) atoms. The minimum atomic E-state index is -0.245. The second-order valence-electron chi connectivity index (χ2n) is 10.5. The third-order valence-electron chi connectivity index (χ3n) is 7.29. The van der Waals surface area contributed by atoms with Crippen LogP contribution in [0.1, 0.15) is 69.0 Å². The molecule has 3 aromatic rings. The SMILES string of the molecule is CC.Cc1cccc(CN(C(=O)CC(C)C2=CCC=C(F)C=C2)c2ccc3c(c2)CCCC3)n1.NSc1cccc(F)c1. The molecule has 0 fully saturated rings. The molecule has 0 bridgehead atoms. The zero-order valence-electron chi connectivity index (χ0n) is 25.7. The number of allylic oxidation sites excluding steroid dienone is 6. The smallest absolute Gasteiger partial charge is 0.227 e. The molecule has 4 nitrogen and oxygen atoms in total. The summed E-state index contributed by atoms with van der Waals surface area (Å²) < 4.78 is 25.8. The van der Waals surface area contributed by atoms with Crippen LogP contribution in [0, 0.1) is 18.7 Å². The fourth-order valence-corrected chi connectivity index (χ4v) is 5.41. The molecule has 2 aliphatic rings. The average Bonchev–Trinajstić information content (AvgIpc) is 3.25. The topological polar surface area (TPSA) is 59.2 Å². The molecule has 0 radical (unpaired) electrons. The van der Waals surface area contributed by atoms with Gasteiger partial charge in [-0.2, -0.15) is 0 Å². The summed E-state index contributed by atoms with van der Waals surface area (Å²) >= 11 is 1.04. The Balaban J connectivity index is 0.000000390. The first kappa shape index (κ1) is 33.9. The van der Waals surface area contributed by atoms with Gasteiger partial charge in [-0.25, -0.2) is 8.78 Å². The minimum absolute atomic E-state index is 0.00338. The van der Waals surface area contributed by atoms with Crippen LogP contribution in [0.2, 0.25) is 0 Å². The number of carbonyl (C=O) groups is 1. The molecule has 7 heteroatoms. The van der Waals surface area contributed by atoms with E-state index in [1.54, 1.807) is 24.3 Å². The van der Waals surface area contributed by atoms with Gasteiger partial charge in [0.15, 0.2) is 0 Å². The number of nitrogens with two attached hydrogens (primary N) is 1. The number of halogens is 2. The Morgan fingerprint density at radius 3 is 2.42 bits per heavy atom. The Kier molecular flexibility index (Phi) is 13.8. The lowest BCUT2D eigenvalue weighted by atomic mass is 9.91. The second kappa shape index (κ2) is 17.5. The normalized spacial score (nSPS) is 14.4. The maximum atomic E-state index is 13.6. The van der Waals surface area contributed by atoms with Crippen molar-refractivity contribution in [1.29, 1.82) is 0 Å². The van der Waals surface area contributed by atoms with Gasteiger partial charge in [-0.15, -0.1) is 0 Å². The number of carbonyl (C=O) groups excluding carboxylic acids is 1. The first-order chi connectivity index (χ1) is 20.8. The highest BCUT2D eigenvalue weighted by molar-refractivity contribution is 7.97. The van der Waals surface area contributed by atoms with Gasteiger partial charge in [0.2, 0.25) is 5.91 Å². The van der Waals surface area contributed by atoms with Crippen LogP contribution in [0.3, 0.4) is 0 Å². The molecule has 2 aromatic carbocycles. The number of pyridine rings is 1. The molecule has 0 aliphatic heterocycles. The molecule has 1 aromatic heterocycles. The molecule has 5 rings (SSSR count). The van der Waals surface area contributed by atoms with Crippen molar-refractivity contribution in [3.8, 4) is 0 Å². The highest BCUT2D eigenvalue weighted by Gasteiger charge is 2.22. The van der Waals surface area contributed by atoms with Crippen LogP contribution in [-0.4, -0.2) is 10.9 Å². The number of fused-ring (bicyclic) bond motifs is 1. The third kappa shape index (κ3) is 10.6. The Hall–Kier alpha value is -3.55. The van der Waals surface area contributed by atoms with Crippen molar-refractivity contribution in [2.24, 2.45) is 11.1 Å². The van der Waals surface area contributed by atoms with E-state index in [4.69, 9.17) is 5.14 Å². The standard InChI is InChI=1S/C28H31FN2O.C6H6FNS.C2H6/c1-20(22-10-6-11-25(29)15-13-22)17-28(32)31(19-26-12-5-7-21(2)30-26)27-16-14-23-8-3-4-9-24(23)18-27;7-5-2-1-3-6(4-5)9-8;1-2/h5,7,10-16,18,20H,3-4,6,8-9,17,19H2,1-2H3;1-4H,8H2;1-2H3. The van der Waals surface area contributed by atoms with Gasteiger partial charge in [-0.1, -0.05) is 51.1 Å². The summed E-state index contributed by atoms with van der Waals surface area (Å²) in [7, 11) is 0. The van der Waals surface area contributed by atoms with Gasteiger partial charge in [0.1, 0.15) is 11.6 Å². The van der Waals surface area contributed by atoms with E-state index in [2.05, 4.69) is 23.2 Å². The van der Waals surface area contributed by atoms with Crippen molar-refractivity contribution in [3.05, 3.63) is 125 Å². The van der Waals surface area contributed by atoms with Gasteiger partial charge in [0.05, 0.1) is 12.2 Å². The number of hydrogen-bond acceptors (Lipinski definition) is 4. The van der Waals surface area contributed by atoms with E-state index in [1.807, 2.05) is 56.9 Å². The molecule has 1 heterocycles. The largest absolute Gasteiger partial charge is 0.306 e. The van der Waals surface area contributed by atoms with Crippen LogP contribution in [0.25, 0.3) is 0 Å². The Morgan fingerprint density at radius 1 is 0.977 bits per heavy atom. The zero-order chi connectivity index (χ0) is 31.2. The van der Waals surface area contributed by atoms with Gasteiger partial charge in [-0.05, 0) is 128 Å². The Labute approximate surface area is 259 Å². The van der Waals surface area contributed by atoms with Crippen LogP contribution in [0.5, 0.6) is 0 Å². The lowest BCUT2D eigenvalue weighted by molar-refractivity contribution is -0.119. The van der Waals surface area contributed by atoms with E-state index in [1.165, 1.54) is 42.2 Å². The van der Waals surface area contributed by atoms with E-state index in [0.717, 1.165) is 52.3 Å². The molecule has 1 unspecified atom stereocenters. The summed E-state index contributed by atoms with van der Waals surface area (Å²) in [5, 5.41) is 5.17. The van der Waals surface area contributed by atoms with Gasteiger partial charge in [0, 0.05) is 22.7 Å². The van der Waals surface area contributed by atoms with Crippen molar-refractivity contribution in [3.63, 3.8) is 0 Å². The summed E-state index contributed by atoms with van der Waals surface area (Å²) in [4.78, 5) is 20.8. The van der Waals surface area contributed by atoms with Crippen molar-refractivity contribution in [1.82, 2.24) is 4.98 Å². The monoisotopic (exact) mass is 603 g/mol. The second-order valence-corrected chi connectivity index (χ2v) is 11.2.